The van der Waals surface area contributed by atoms with E-state index in [9.17, 15) is 4.79 Å². The van der Waals surface area contributed by atoms with E-state index < -0.39 is 0 Å². The van der Waals surface area contributed by atoms with Crippen LogP contribution in [0, 0.1) is 18.8 Å². The molecule has 1 amide bonds. The zero-order chi connectivity index (χ0) is 17.3. The van der Waals surface area contributed by atoms with Crippen LogP contribution < -0.4 is 5.73 Å². The third-order valence-electron chi connectivity index (χ3n) is 5.56. The van der Waals surface area contributed by atoms with Crippen molar-refractivity contribution >= 4 is 5.91 Å². The molecule has 1 saturated carbocycles. The molecule has 1 aromatic rings. The maximum atomic E-state index is 13.0. The SMILES string of the molecule is Cc1nnc2n1[C@@H](CC(C)C)CN(C(=O)[C@@H](N)C1CCCCC1)C2. The summed E-state index contributed by atoms with van der Waals surface area (Å²) in [5.74, 6) is 2.85. The number of hydrogen-bond donors (Lipinski definition) is 1. The van der Waals surface area contributed by atoms with Crippen LogP contribution in [0.1, 0.15) is 70.1 Å². The van der Waals surface area contributed by atoms with Crippen molar-refractivity contribution < 1.29 is 4.79 Å². The van der Waals surface area contributed by atoms with Gasteiger partial charge in [-0.3, -0.25) is 4.79 Å². The lowest BCUT2D eigenvalue weighted by Gasteiger charge is -2.38. The first-order valence-corrected chi connectivity index (χ1v) is 9.42. The monoisotopic (exact) mass is 333 g/mol. The Labute approximate surface area is 144 Å². The highest BCUT2D eigenvalue weighted by molar-refractivity contribution is 5.82. The van der Waals surface area contributed by atoms with Crippen LogP contribution in [0.4, 0.5) is 0 Å². The van der Waals surface area contributed by atoms with Gasteiger partial charge < -0.3 is 15.2 Å². The summed E-state index contributed by atoms with van der Waals surface area (Å²) in [6.07, 6.45) is 6.88. The maximum absolute atomic E-state index is 13.0. The highest BCUT2D eigenvalue weighted by Gasteiger charge is 2.35. The van der Waals surface area contributed by atoms with Gasteiger partial charge in [0.1, 0.15) is 5.82 Å². The lowest BCUT2D eigenvalue weighted by molar-refractivity contribution is -0.136. The smallest absolute Gasteiger partial charge is 0.240 e. The molecule has 1 aliphatic carbocycles. The van der Waals surface area contributed by atoms with Crippen LogP contribution >= 0.6 is 0 Å². The molecule has 1 aliphatic heterocycles. The summed E-state index contributed by atoms with van der Waals surface area (Å²) in [4.78, 5) is 14.9. The summed E-state index contributed by atoms with van der Waals surface area (Å²) in [6, 6.07) is -0.105. The fraction of sp³-hybridized carbons (Fsp3) is 0.833. The van der Waals surface area contributed by atoms with E-state index in [0.717, 1.165) is 37.5 Å². The topological polar surface area (TPSA) is 77.0 Å². The predicted molar refractivity (Wildman–Crippen MR) is 93.2 cm³/mol. The van der Waals surface area contributed by atoms with Crippen LogP contribution in [0.2, 0.25) is 0 Å². The van der Waals surface area contributed by atoms with Crippen molar-refractivity contribution in [1.29, 1.82) is 0 Å². The van der Waals surface area contributed by atoms with Gasteiger partial charge in [0.25, 0.3) is 0 Å². The van der Waals surface area contributed by atoms with E-state index in [2.05, 4.69) is 28.6 Å². The average Bonchev–Trinajstić information content (AvgIpc) is 2.95. The van der Waals surface area contributed by atoms with Crippen LogP contribution in [0.25, 0.3) is 0 Å². The first-order chi connectivity index (χ1) is 11.5. The number of nitrogens with two attached hydrogens (primary N) is 1. The standard InChI is InChI=1S/C18H31N5O/c1-12(2)9-15-10-22(11-16-21-20-13(3)23(15)16)18(24)17(19)14-7-5-4-6-8-14/h12,14-15,17H,4-11,19H2,1-3H3/t15-,17-/m0/s1. The number of carbonyl (C=O) groups excluding carboxylic acids is 1. The number of rotatable bonds is 4. The maximum Gasteiger partial charge on any atom is 0.240 e. The Morgan fingerprint density at radius 3 is 2.62 bits per heavy atom. The zero-order valence-electron chi connectivity index (χ0n) is 15.2. The molecule has 1 fully saturated rings. The molecular weight excluding hydrogens is 302 g/mol. The Bertz CT molecular complexity index is 576. The van der Waals surface area contributed by atoms with Gasteiger partial charge in [-0.25, -0.2) is 0 Å². The molecule has 2 N–H and O–H groups in total. The van der Waals surface area contributed by atoms with E-state index >= 15 is 0 Å². The van der Waals surface area contributed by atoms with Crippen molar-refractivity contribution in [2.24, 2.45) is 17.6 Å². The number of amides is 1. The summed E-state index contributed by atoms with van der Waals surface area (Å²) >= 11 is 0. The Balaban J connectivity index is 1.75. The summed E-state index contributed by atoms with van der Waals surface area (Å²) in [5.41, 5.74) is 6.36. The predicted octanol–water partition coefficient (Wildman–Crippen LogP) is 2.42. The lowest BCUT2D eigenvalue weighted by atomic mass is 9.83. The van der Waals surface area contributed by atoms with Crippen LogP contribution in [-0.2, 0) is 11.3 Å². The molecular formula is C18H31N5O. The molecule has 0 bridgehead atoms. The Morgan fingerprint density at radius 1 is 1.25 bits per heavy atom. The Morgan fingerprint density at radius 2 is 1.96 bits per heavy atom. The molecule has 0 saturated heterocycles. The third-order valence-corrected chi connectivity index (χ3v) is 5.56. The number of nitrogens with zero attached hydrogens (tertiary/aromatic N) is 4. The number of fused-ring (bicyclic) bond motifs is 1. The molecule has 0 unspecified atom stereocenters. The van der Waals surface area contributed by atoms with Crippen LogP contribution in [-0.4, -0.2) is 38.2 Å². The molecule has 1 aromatic heterocycles. The number of carbonyl (C=O) groups is 1. The Kier molecular flexibility index (Phi) is 5.23. The second-order valence-electron chi connectivity index (χ2n) is 7.96. The zero-order valence-corrected chi connectivity index (χ0v) is 15.2. The second-order valence-corrected chi connectivity index (χ2v) is 7.96. The molecule has 0 radical (unpaired) electrons. The highest BCUT2D eigenvalue weighted by Crippen LogP contribution is 2.30. The molecule has 134 valence electrons. The second kappa shape index (κ2) is 7.21. The van der Waals surface area contributed by atoms with Crippen molar-refractivity contribution in [3.8, 4) is 0 Å². The minimum atomic E-state index is -0.361. The van der Waals surface area contributed by atoms with E-state index in [4.69, 9.17) is 5.73 Å². The molecule has 0 aromatic carbocycles. The van der Waals surface area contributed by atoms with Crippen LogP contribution in [0.15, 0.2) is 0 Å². The van der Waals surface area contributed by atoms with E-state index in [1.165, 1.54) is 19.3 Å². The molecule has 0 spiro atoms. The van der Waals surface area contributed by atoms with Gasteiger partial charge in [0.15, 0.2) is 5.82 Å². The lowest BCUT2D eigenvalue weighted by Crippen LogP contribution is -2.51. The average molecular weight is 333 g/mol. The number of aryl methyl sites for hydroxylation is 1. The van der Waals surface area contributed by atoms with Gasteiger partial charge in [-0.2, -0.15) is 0 Å². The van der Waals surface area contributed by atoms with E-state index in [0.29, 0.717) is 18.4 Å². The number of hydrogen-bond acceptors (Lipinski definition) is 4. The summed E-state index contributed by atoms with van der Waals surface area (Å²) < 4.78 is 2.22. The van der Waals surface area contributed by atoms with Crippen LogP contribution in [0.3, 0.4) is 0 Å². The normalized spacial score (nSPS) is 23.4. The summed E-state index contributed by atoms with van der Waals surface area (Å²) in [7, 11) is 0. The van der Waals surface area contributed by atoms with Crippen molar-refractivity contribution in [2.75, 3.05) is 6.54 Å². The largest absolute Gasteiger partial charge is 0.332 e. The molecule has 2 atom stereocenters. The van der Waals surface area contributed by atoms with Gasteiger partial charge in [-0.05, 0) is 38.0 Å². The van der Waals surface area contributed by atoms with E-state index in [1.54, 1.807) is 0 Å². The van der Waals surface area contributed by atoms with Crippen molar-refractivity contribution in [1.82, 2.24) is 19.7 Å². The van der Waals surface area contributed by atoms with Gasteiger partial charge >= 0.3 is 0 Å². The summed E-state index contributed by atoms with van der Waals surface area (Å²) in [6.45, 7) is 7.69. The molecule has 6 nitrogen and oxygen atoms in total. The first kappa shape index (κ1) is 17.4. The number of aromatic nitrogens is 3. The van der Waals surface area contributed by atoms with Crippen molar-refractivity contribution in [3.63, 3.8) is 0 Å². The molecule has 6 heteroatoms. The first-order valence-electron chi connectivity index (χ1n) is 9.42. The van der Waals surface area contributed by atoms with E-state index in [-0.39, 0.29) is 18.0 Å². The van der Waals surface area contributed by atoms with Gasteiger partial charge in [-0.1, -0.05) is 33.1 Å². The minimum Gasteiger partial charge on any atom is -0.332 e. The molecule has 2 aliphatic rings. The third kappa shape index (κ3) is 3.48. The summed E-state index contributed by atoms with van der Waals surface area (Å²) in [5, 5.41) is 8.52. The molecule has 2 heterocycles. The van der Waals surface area contributed by atoms with Crippen molar-refractivity contribution in [2.45, 2.75) is 77.9 Å². The fourth-order valence-electron chi connectivity index (χ4n) is 4.37. The Hall–Kier alpha value is -1.43. The van der Waals surface area contributed by atoms with Gasteiger partial charge in [0, 0.05) is 6.54 Å². The van der Waals surface area contributed by atoms with Crippen molar-refractivity contribution in [3.05, 3.63) is 11.6 Å². The van der Waals surface area contributed by atoms with Gasteiger partial charge in [0.2, 0.25) is 5.91 Å². The van der Waals surface area contributed by atoms with Gasteiger partial charge in [-0.15, -0.1) is 10.2 Å². The van der Waals surface area contributed by atoms with Crippen LogP contribution in [0.5, 0.6) is 0 Å². The minimum absolute atomic E-state index is 0.0996. The quantitative estimate of drug-likeness (QED) is 0.918. The van der Waals surface area contributed by atoms with Gasteiger partial charge in [0.05, 0.1) is 18.6 Å². The molecule has 24 heavy (non-hydrogen) atoms. The molecule has 3 rings (SSSR count). The fourth-order valence-corrected chi connectivity index (χ4v) is 4.37. The van der Waals surface area contributed by atoms with E-state index in [1.807, 2.05) is 11.8 Å². The highest BCUT2D eigenvalue weighted by atomic mass is 16.2.